The largest absolute Gasteiger partial charge is 0.391 e. The van der Waals surface area contributed by atoms with Gasteiger partial charge in [-0.05, 0) is 31.2 Å². The number of rotatable bonds is 3. The van der Waals surface area contributed by atoms with E-state index in [2.05, 4.69) is 0 Å². The van der Waals surface area contributed by atoms with E-state index < -0.39 is 0 Å². The molecule has 3 heteroatoms. The minimum absolute atomic E-state index is 0.307. The van der Waals surface area contributed by atoms with Gasteiger partial charge in [0.25, 0.3) is 0 Å². The van der Waals surface area contributed by atoms with Crippen molar-refractivity contribution < 1.29 is 9.50 Å². The van der Waals surface area contributed by atoms with E-state index in [1.165, 1.54) is 11.6 Å². The SMILES string of the molecule is Cc1ccc(N(C)c2cccc(F)c2CO)cc1. The quantitative estimate of drug-likeness (QED) is 0.896. The van der Waals surface area contributed by atoms with Crippen LogP contribution in [0.15, 0.2) is 42.5 Å². The third-order valence-corrected chi connectivity index (χ3v) is 3.03. The number of benzene rings is 2. The van der Waals surface area contributed by atoms with Crippen LogP contribution in [0.25, 0.3) is 0 Å². The molecule has 18 heavy (non-hydrogen) atoms. The summed E-state index contributed by atoms with van der Waals surface area (Å²) in [5.74, 6) is -0.381. The van der Waals surface area contributed by atoms with E-state index >= 15 is 0 Å². The second-order valence-corrected chi connectivity index (χ2v) is 4.29. The number of hydrogen-bond acceptors (Lipinski definition) is 2. The third kappa shape index (κ3) is 2.36. The Morgan fingerprint density at radius 2 is 1.78 bits per heavy atom. The fraction of sp³-hybridized carbons (Fsp3) is 0.200. The van der Waals surface area contributed by atoms with Crippen LogP contribution in [0.5, 0.6) is 0 Å². The van der Waals surface area contributed by atoms with Gasteiger partial charge in [-0.1, -0.05) is 23.8 Å². The summed E-state index contributed by atoms with van der Waals surface area (Å²) >= 11 is 0. The van der Waals surface area contributed by atoms with Gasteiger partial charge in [-0.25, -0.2) is 4.39 Å². The first-order valence-electron chi connectivity index (χ1n) is 5.82. The van der Waals surface area contributed by atoms with Crippen LogP contribution in [0.1, 0.15) is 11.1 Å². The predicted octanol–water partition coefficient (Wildman–Crippen LogP) is 3.39. The predicted molar refractivity (Wildman–Crippen MR) is 71.6 cm³/mol. The maximum absolute atomic E-state index is 13.6. The third-order valence-electron chi connectivity index (χ3n) is 3.03. The number of hydrogen-bond donors (Lipinski definition) is 1. The molecular weight excluding hydrogens is 229 g/mol. The van der Waals surface area contributed by atoms with Crippen molar-refractivity contribution in [3.63, 3.8) is 0 Å². The number of nitrogens with zero attached hydrogens (tertiary/aromatic N) is 1. The number of anilines is 2. The van der Waals surface area contributed by atoms with Gasteiger partial charge in [-0.15, -0.1) is 0 Å². The molecular formula is C15H16FNO. The van der Waals surface area contributed by atoms with Crippen LogP contribution < -0.4 is 4.90 Å². The monoisotopic (exact) mass is 245 g/mol. The van der Waals surface area contributed by atoms with Gasteiger partial charge in [-0.3, -0.25) is 0 Å². The second-order valence-electron chi connectivity index (χ2n) is 4.29. The Hall–Kier alpha value is -1.87. The van der Waals surface area contributed by atoms with Gasteiger partial charge in [0.15, 0.2) is 0 Å². The fourth-order valence-corrected chi connectivity index (χ4v) is 1.93. The average molecular weight is 245 g/mol. The molecule has 0 aliphatic heterocycles. The van der Waals surface area contributed by atoms with Crippen molar-refractivity contribution in [3.8, 4) is 0 Å². The number of aliphatic hydroxyl groups excluding tert-OH is 1. The van der Waals surface area contributed by atoms with Gasteiger partial charge >= 0.3 is 0 Å². The average Bonchev–Trinajstić information content (AvgIpc) is 2.38. The van der Waals surface area contributed by atoms with Crippen LogP contribution in [0, 0.1) is 12.7 Å². The lowest BCUT2D eigenvalue weighted by Gasteiger charge is -2.22. The van der Waals surface area contributed by atoms with Crippen molar-refractivity contribution in [2.24, 2.45) is 0 Å². The Kier molecular flexibility index (Phi) is 3.63. The van der Waals surface area contributed by atoms with Gasteiger partial charge in [0.05, 0.1) is 6.61 Å². The highest BCUT2D eigenvalue weighted by atomic mass is 19.1. The first kappa shape index (κ1) is 12.6. The molecule has 0 atom stereocenters. The summed E-state index contributed by atoms with van der Waals surface area (Å²) in [5, 5.41) is 9.27. The standard InChI is InChI=1S/C15H16FNO/c1-11-6-8-12(9-7-11)17(2)15-5-3-4-14(16)13(15)10-18/h3-9,18H,10H2,1-2H3. The normalized spacial score (nSPS) is 10.4. The maximum Gasteiger partial charge on any atom is 0.130 e. The molecule has 0 aromatic heterocycles. The van der Waals surface area contributed by atoms with Crippen LogP contribution in [-0.4, -0.2) is 12.2 Å². The number of aliphatic hydroxyl groups is 1. The molecule has 0 aliphatic carbocycles. The summed E-state index contributed by atoms with van der Waals surface area (Å²) in [7, 11) is 1.86. The van der Waals surface area contributed by atoms with Crippen molar-refractivity contribution in [1.82, 2.24) is 0 Å². The minimum atomic E-state index is -0.381. The van der Waals surface area contributed by atoms with E-state index in [1.54, 1.807) is 12.1 Å². The molecule has 94 valence electrons. The molecule has 0 saturated carbocycles. The van der Waals surface area contributed by atoms with E-state index in [-0.39, 0.29) is 12.4 Å². The van der Waals surface area contributed by atoms with Gasteiger partial charge in [-0.2, -0.15) is 0 Å². The molecule has 2 aromatic carbocycles. The lowest BCUT2D eigenvalue weighted by atomic mass is 10.1. The molecule has 0 aliphatic rings. The highest BCUT2D eigenvalue weighted by molar-refractivity contribution is 5.66. The van der Waals surface area contributed by atoms with Crippen LogP contribution in [0.2, 0.25) is 0 Å². The first-order chi connectivity index (χ1) is 8.63. The summed E-state index contributed by atoms with van der Waals surface area (Å²) in [6.07, 6.45) is 0. The maximum atomic E-state index is 13.6. The molecule has 2 aromatic rings. The summed E-state index contributed by atoms with van der Waals surface area (Å²) in [6, 6.07) is 12.8. The lowest BCUT2D eigenvalue weighted by molar-refractivity contribution is 0.276. The molecule has 0 heterocycles. The van der Waals surface area contributed by atoms with Crippen LogP contribution in [-0.2, 0) is 6.61 Å². The van der Waals surface area contributed by atoms with Crippen molar-refractivity contribution in [1.29, 1.82) is 0 Å². The summed E-state index contributed by atoms with van der Waals surface area (Å²) in [4.78, 5) is 1.87. The zero-order chi connectivity index (χ0) is 13.1. The van der Waals surface area contributed by atoms with E-state index in [0.29, 0.717) is 11.3 Å². The molecule has 2 nitrogen and oxygen atoms in total. The molecule has 0 unspecified atom stereocenters. The van der Waals surface area contributed by atoms with Crippen LogP contribution >= 0.6 is 0 Å². The molecule has 1 N–H and O–H groups in total. The lowest BCUT2D eigenvalue weighted by Crippen LogP contribution is -2.12. The van der Waals surface area contributed by atoms with E-state index in [1.807, 2.05) is 43.1 Å². The highest BCUT2D eigenvalue weighted by Crippen LogP contribution is 2.28. The zero-order valence-corrected chi connectivity index (χ0v) is 10.5. The van der Waals surface area contributed by atoms with Crippen LogP contribution in [0.4, 0.5) is 15.8 Å². The van der Waals surface area contributed by atoms with Gasteiger partial charge in [0, 0.05) is 24.0 Å². The molecule has 0 fully saturated rings. The number of halogens is 1. The van der Waals surface area contributed by atoms with Crippen molar-refractivity contribution in [3.05, 3.63) is 59.4 Å². The molecule has 0 bridgehead atoms. The second kappa shape index (κ2) is 5.19. The van der Waals surface area contributed by atoms with E-state index in [4.69, 9.17) is 0 Å². The molecule has 0 radical (unpaired) electrons. The Morgan fingerprint density at radius 3 is 2.39 bits per heavy atom. The smallest absolute Gasteiger partial charge is 0.130 e. The molecule has 2 rings (SSSR count). The zero-order valence-electron chi connectivity index (χ0n) is 10.5. The summed E-state index contributed by atoms with van der Waals surface area (Å²) in [6.45, 7) is 1.71. The summed E-state index contributed by atoms with van der Waals surface area (Å²) < 4.78 is 13.6. The Morgan fingerprint density at radius 1 is 1.11 bits per heavy atom. The molecule has 0 saturated heterocycles. The minimum Gasteiger partial charge on any atom is -0.391 e. The van der Waals surface area contributed by atoms with Gasteiger partial charge < -0.3 is 10.0 Å². The van der Waals surface area contributed by atoms with Crippen molar-refractivity contribution in [2.45, 2.75) is 13.5 Å². The van der Waals surface area contributed by atoms with Gasteiger partial charge in [0.2, 0.25) is 0 Å². The topological polar surface area (TPSA) is 23.5 Å². The Balaban J connectivity index is 2.42. The highest BCUT2D eigenvalue weighted by Gasteiger charge is 2.12. The Labute approximate surface area is 106 Å². The van der Waals surface area contributed by atoms with Crippen molar-refractivity contribution >= 4 is 11.4 Å². The van der Waals surface area contributed by atoms with E-state index in [9.17, 15) is 9.50 Å². The Bertz CT molecular complexity index is 537. The van der Waals surface area contributed by atoms with Gasteiger partial charge in [0.1, 0.15) is 5.82 Å². The number of aryl methyl sites for hydroxylation is 1. The van der Waals surface area contributed by atoms with Crippen molar-refractivity contribution in [2.75, 3.05) is 11.9 Å². The first-order valence-corrected chi connectivity index (χ1v) is 5.82. The molecule has 0 spiro atoms. The van der Waals surface area contributed by atoms with Crippen LogP contribution in [0.3, 0.4) is 0 Å². The summed E-state index contributed by atoms with van der Waals surface area (Å²) in [5.41, 5.74) is 3.14. The molecule has 0 amide bonds. The fourth-order valence-electron chi connectivity index (χ4n) is 1.93. The van der Waals surface area contributed by atoms with E-state index in [0.717, 1.165) is 5.69 Å².